The number of alkyl carbamates (subject to hydrolysis) is 1. The van der Waals surface area contributed by atoms with Crippen molar-refractivity contribution >= 4 is 18.0 Å². The van der Waals surface area contributed by atoms with Crippen LogP contribution in [0.25, 0.3) is 0 Å². The highest BCUT2D eigenvalue weighted by atomic mass is 16.6. The molecular weight excluding hydrogens is 300 g/mol. The fraction of sp³-hybridized carbons (Fsp3) is 0.812. The second kappa shape index (κ2) is 8.17. The molecular formula is C16H30N2O5. The van der Waals surface area contributed by atoms with Crippen molar-refractivity contribution in [3.8, 4) is 0 Å². The molecule has 0 aromatic rings. The fourth-order valence-electron chi connectivity index (χ4n) is 1.67. The first-order valence-corrected chi connectivity index (χ1v) is 7.74. The van der Waals surface area contributed by atoms with Gasteiger partial charge in [0, 0.05) is 0 Å². The van der Waals surface area contributed by atoms with Crippen LogP contribution in [0.3, 0.4) is 0 Å². The average Bonchev–Trinajstić information content (AvgIpc) is 2.31. The summed E-state index contributed by atoms with van der Waals surface area (Å²) in [6.45, 7) is 14.1. The van der Waals surface area contributed by atoms with Crippen molar-refractivity contribution in [1.29, 1.82) is 0 Å². The average molecular weight is 330 g/mol. The molecule has 7 heteroatoms. The van der Waals surface area contributed by atoms with E-state index in [2.05, 4.69) is 10.6 Å². The van der Waals surface area contributed by atoms with Gasteiger partial charge < -0.3 is 20.1 Å². The fourth-order valence-corrected chi connectivity index (χ4v) is 1.67. The second-order valence-corrected chi connectivity index (χ2v) is 7.43. The molecule has 0 saturated heterocycles. The maximum absolute atomic E-state index is 12.2. The van der Waals surface area contributed by atoms with Crippen LogP contribution >= 0.6 is 0 Å². The van der Waals surface area contributed by atoms with Crippen LogP contribution in [0.2, 0.25) is 0 Å². The summed E-state index contributed by atoms with van der Waals surface area (Å²) in [5.74, 6) is -0.985. The summed E-state index contributed by atoms with van der Waals surface area (Å²) in [4.78, 5) is 35.9. The van der Waals surface area contributed by atoms with Crippen molar-refractivity contribution in [3.05, 3.63) is 0 Å². The number of amides is 2. The van der Waals surface area contributed by atoms with Gasteiger partial charge in [-0.2, -0.15) is 0 Å². The number of esters is 1. The molecule has 0 heterocycles. The Morgan fingerprint density at radius 1 is 1.00 bits per heavy atom. The summed E-state index contributed by atoms with van der Waals surface area (Å²) in [6.07, 6.45) is -0.691. The van der Waals surface area contributed by atoms with Gasteiger partial charge in [-0.15, -0.1) is 0 Å². The molecule has 0 spiro atoms. The first kappa shape index (κ1) is 21.2. The third kappa shape index (κ3) is 8.42. The zero-order valence-corrected chi connectivity index (χ0v) is 15.4. The zero-order chi connectivity index (χ0) is 18.4. The smallest absolute Gasteiger partial charge is 0.408 e. The lowest BCUT2D eigenvalue weighted by Gasteiger charge is -2.30. The van der Waals surface area contributed by atoms with E-state index in [4.69, 9.17) is 9.47 Å². The monoisotopic (exact) mass is 330 g/mol. The van der Waals surface area contributed by atoms with Crippen LogP contribution in [0, 0.1) is 5.41 Å². The first-order valence-electron chi connectivity index (χ1n) is 7.74. The molecule has 0 radical (unpaired) electrons. The Morgan fingerprint density at radius 2 is 1.52 bits per heavy atom. The largest absolute Gasteiger partial charge is 0.464 e. The SMILES string of the molecule is CCOC(=O)[C@@H](NC(=O)[C@H](C)NC(=O)OC(C)(C)C)C(C)(C)C. The van der Waals surface area contributed by atoms with E-state index >= 15 is 0 Å². The topological polar surface area (TPSA) is 93.7 Å². The Labute approximate surface area is 138 Å². The minimum atomic E-state index is -0.843. The molecule has 23 heavy (non-hydrogen) atoms. The van der Waals surface area contributed by atoms with Gasteiger partial charge in [0.2, 0.25) is 5.91 Å². The number of nitrogens with one attached hydrogen (secondary N) is 2. The molecule has 7 nitrogen and oxygen atoms in total. The molecule has 0 aromatic carbocycles. The lowest BCUT2D eigenvalue weighted by atomic mass is 9.86. The summed E-state index contributed by atoms with van der Waals surface area (Å²) >= 11 is 0. The van der Waals surface area contributed by atoms with Gasteiger partial charge in [-0.1, -0.05) is 20.8 Å². The third-order valence-electron chi connectivity index (χ3n) is 2.80. The predicted molar refractivity (Wildman–Crippen MR) is 86.9 cm³/mol. The van der Waals surface area contributed by atoms with Crippen LogP contribution in [-0.2, 0) is 19.1 Å². The van der Waals surface area contributed by atoms with Gasteiger partial charge in [-0.3, -0.25) is 4.79 Å². The molecule has 0 aliphatic heterocycles. The number of carbonyl (C=O) groups is 3. The minimum Gasteiger partial charge on any atom is -0.464 e. The van der Waals surface area contributed by atoms with Gasteiger partial charge in [0.25, 0.3) is 0 Å². The predicted octanol–water partition coefficient (Wildman–Crippen LogP) is 1.99. The van der Waals surface area contributed by atoms with Crippen molar-refractivity contribution < 1.29 is 23.9 Å². The van der Waals surface area contributed by atoms with E-state index in [0.717, 1.165) is 0 Å². The van der Waals surface area contributed by atoms with Gasteiger partial charge >= 0.3 is 12.1 Å². The highest BCUT2D eigenvalue weighted by molar-refractivity contribution is 5.89. The van der Waals surface area contributed by atoms with Crippen LogP contribution in [0.5, 0.6) is 0 Å². The molecule has 2 atom stereocenters. The van der Waals surface area contributed by atoms with E-state index in [1.165, 1.54) is 6.92 Å². The molecule has 2 N–H and O–H groups in total. The number of ether oxygens (including phenoxy) is 2. The van der Waals surface area contributed by atoms with Crippen LogP contribution < -0.4 is 10.6 Å². The Morgan fingerprint density at radius 3 is 1.91 bits per heavy atom. The van der Waals surface area contributed by atoms with Gasteiger partial charge in [0.05, 0.1) is 6.61 Å². The summed E-state index contributed by atoms with van der Waals surface area (Å²) in [6, 6.07) is -1.65. The highest BCUT2D eigenvalue weighted by Gasteiger charge is 2.35. The lowest BCUT2D eigenvalue weighted by molar-refractivity contribution is -0.150. The first-order chi connectivity index (χ1) is 10.3. The summed E-state index contributed by atoms with van der Waals surface area (Å²) in [5, 5.41) is 5.06. The quantitative estimate of drug-likeness (QED) is 0.752. The normalized spacial score (nSPS) is 14.4. The lowest BCUT2D eigenvalue weighted by Crippen LogP contribution is -2.55. The van der Waals surface area contributed by atoms with Crippen LogP contribution in [0.4, 0.5) is 4.79 Å². The highest BCUT2D eigenvalue weighted by Crippen LogP contribution is 2.20. The molecule has 0 bridgehead atoms. The Hall–Kier alpha value is -1.79. The number of hydrogen-bond acceptors (Lipinski definition) is 5. The van der Waals surface area contributed by atoms with Gasteiger partial charge in [0.1, 0.15) is 17.7 Å². The van der Waals surface area contributed by atoms with Crippen molar-refractivity contribution in [2.75, 3.05) is 6.61 Å². The molecule has 0 saturated carbocycles. The van der Waals surface area contributed by atoms with Crippen molar-refractivity contribution in [3.63, 3.8) is 0 Å². The van der Waals surface area contributed by atoms with Crippen LogP contribution in [0.15, 0.2) is 0 Å². The van der Waals surface area contributed by atoms with E-state index in [1.807, 2.05) is 20.8 Å². The molecule has 0 aliphatic carbocycles. The van der Waals surface area contributed by atoms with Crippen molar-refractivity contribution in [1.82, 2.24) is 10.6 Å². The van der Waals surface area contributed by atoms with Gasteiger partial charge in [0.15, 0.2) is 0 Å². The standard InChI is InChI=1S/C16H30N2O5/c1-9-22-13(20)11(15(3,4)5)18-12(19)10(2)17-14(21)23-16(6,7)8/h10-11H,9H2,1-8H3,(H,17,21)(H,18,19)/t10-,11+/m0/s1. The molecule has 2 amide bonds. The van der Waals surface area contributed by atoms with E-state index in [1.54, 1.807) is 27.7 Å². The zero-order valence-electron chi connectivity index (χ0n) is 15.4. The van der Waals surface area contributed by atoms with E-state index in [0.29, 0.717) is 0 Å². The molecule has 0 rings (SSSR count). The van der Waals surface area contributed by atoms with Gasteiger partial charge in [-0.05, 0) is 40.0 Å². The minimum absolute atomic E-state index is 0.229. The third-order valence-corrected chi connectivity index (χ3v) is 2.80. The van der Waals surface area contributed by atoms with Crippen molar-refractivity contribution in [2.45, 2.75) is 73.1 Å². The Bertz CT molecular complexity index is 435. The number of rotatable bonds is 5. The molecule has 0 aliphatic rings. The van der Waals surface area contributed by atoms with Crippen LogP contribution in [0.1, 0.15) is 55.4 Å². The summed E-state index contributed by atoms with van der Waals surface area (Å²) in [5.41, 5.74) is -1.17. The van der Waals surface area contributed by atoms with E-state index in [-0.39, 0.29) is 6.61 Å². The van der Waals surface area contributed by atoms with Crippen LogP contribution in [-0.4, -0.2) is 42.3 Å². The van der Waals surface area contributed by atoms with E-state index in [9.17, 15) is 14.4 Å². The second-order valence-electron chi connectivity index (χ2n) is 7.43. The molecule has 0 unspecified atom stereocenters. The van der Waals surface area contributed by atoms with Gasteiger partial charge in [-0.25, -0.2) is 9.59 Å². The number of hydrogen-bond donors (Lipinski definition) is 2. The van der Waals surface area contributed by atoms with Crippen molar-refractivity contribution in [2.24, 2.45) is 5.41 Å². The summed E-state index contributed by atoms with van der Waals surface area (Å²) < 4.78 is 10.1. The summed E-state index contributed by atoms with van der Waals surface area (Å²) in [7, 11) is 0. The maximum atomic E-state index is 12.2. The molecule has 0 fully saturated rings. The molecule has 0 aromatic heterocycles. The Balaban J connectivity index is 4.80. The Kier molecular flexibility index (Phi) is 7.54. The number of carbonyl (C=O) groups excluding carboxylic acids is 3. The molecule has 134 valence electrons. The maximum Gasteiger partial charge on any atom is 0.408 e. The van der Waals surface area contributed by atoms with E-state index < -0.39 is 41.1 Å².